The van der Waals surface area contributed by atoms with Crippen molar-refractivity contribution in [3.63, 3.8) is 0 Å². The molecule has 0 saturated heterocycles. The highest BCUT2D eigenvalue weighted by atomic mass is 16.6. The van der Waals surface area contributed by atoms with E-state index in [1.807, 2.05) is 0 Å². The second-order valence-electron chi connectivity index (χ2n) is 23.5. The minimum atomic E-state index is -0.687. The number of hydrogen-bond acceptors (Lipinski definition) is 3. The monoisotopic (exact) mass is 1030 g/mol. The van der Waals surface area contributed by atoms with Crippen molar-refractivity contribution in [2.24, 2.45) is 0 Å². The summed E-state index contributed by atoms with van der Waals surface area (Å²) in [6.45, 7) is 24.7. The van der Waals surface area contributed by atoms with Gasteiger partial charge in [0.05, 0.1) is 0 Å². The van der Waals surface area contributed by atoms with Gasteiger partial charge in [0.15, 0.2) is 0 Å². The number of rotatable bonds is 51. The van der Waals surface area contributed by atoms with Crippen molar-refractivity contribution in [2.75, 3.05) is 0 Å². The fourth-order valence-corrected chi connectivity index (χ4v) is 9.98. The fourth-order valence-electron chi connectivity index (χ4n) is 9.98. The van der Waals surface area contributed by atoms with Gasteiger partial charge in [-0.15, -0.1) is 0 Å². The summed E-state index contributed by atoms with van der Waals surface area (Å²) >= 11 is 0. The zero-order valence-electron chi connectivity index (χ0n) is 51.7. The molecule has 0 aliphatic rings. The van der Waals surface area contributed by atoms with Crippen LogP contribution >= 0.6 is 0 Å². The third kappa shape index (κ3) is 55.6. The molecule has 0 spiro atoms. The second-order valence-corrected chi connectivity index (χ2v) is 23.5. The number of carboxylic acid groups (broad SMARTS) is 1. The third-order valence-electron chi connectivity index (χ3n) is 15.0. The molecule has 0 heterocycles. The number of hydrogen-bond donors (Lipinski definition) is 1. The maximum Gasteiger partial charge on any atom is 0.306 e. The van der Waals surface area contributed by atoms with Crippen LogP contribution in [0.15, 0.2) is 69.9 Å². The standard InChI is InChI=1S/C40H78O4.C30H50/c1-4-7-10-13-16-19-22-27-32-37-40(35-30-25-14-11-8-5-2,36-31-26-15-12-9-6-3)44-39(43)34-29-24-21-18-17-20-23-28-33-38(41)42;1-25(2)15-11-19-29(7)23-13-21-27(5)17-9-10-18-28(6)22-14-24-30(8)20-12-16-26(3)4/h4-37H2,1-3H3,(H,41,42);15-18,23-24H,9-14,19-22H2,1-8H3. The first-order valence-corrected chi connectivity index (χ1v) is 32.0. The lowest BCUT2D eigenvalue weighted by molar-refractivity contribution is -0.163. The zero-order valence-corrected chi connectivity index (χ0v) is 51.7. The van der Waals surface area contributed by atoms with E-state index in [1.165, 1.54) is 245 Å². The van der Waals surface area contributed by atoms with E-state index in [1.54, 1.807) is 0 Å². The van der Waals surface area contributed by atoms with E-state index in [0.29, 0.717) is 12.8 Å². The maximum absolute atomic E-state index is 13.3. The molecule has 432 valence electrons. The van der Waals surface area contributed by atoms with Gasteiger partial charge < -0.3 is 9.84 Å². The quantitative estimate of drug-likeness (QED) is 0.0375. The van der Waals surface area contributed by atoms with Crippen LogP contribution in [0.25, 0.3) is 0 Å². The smallest absolute Gasteiger partial charge is 0.306 e. The van der Waals surface area contributed by atoms with Crippen LogP contribution in [0.5, 0.6) is 0 Å². The van der Waals surface area contributed by atoms with Crippen molar-refractivity contribution < 1.29 is 19.4 Å². The van der Waals surface area contributed by atoms with Crippen molar-refractivity contribution in [2.45, 2.75) is 364 Å². The molecule has 0 rings (SSSR count). The third-order valence-corrected chi connectivity index (χ3v) is 15.0. The molecule has 4 nitrogen and oxygen atoms in total. The highest BCUT2D eigenvalue weighted by Crippen LogP contribution is 2.34. The van der Waals surface area contributed by atoms with Crippen LogP contribution < -0.4 is 0 Å². The topological polar surface area (TPSA) is 63.6 Å². The molecule has 0 amide bonds. The van der Waals surface area contributed by atoms with Crippen molar-refractivity contribution in [1.82, 2.24) is 0 Å². The Bertz CT molecular complexity index is 1400. The van der Waals surface area contributed by atoms with Crippen LogP contribution in [0.3, 0.4) is 0 Å². The molecule has 0 aliphatic carbocycles. The molecule has 0 radical (unpaired) electrons. The summed E-state index contributed by atoms with van der Waals surface area (Å²) < 4.78 is 6.57. The lowest BCUT2D eigenvalue weighted by Gasteiger charge is -2.34. The summed E-state index contributed by atoms with van der Waals surface area (Å²) in [6.07, 6.45) is 66.1. The second kappa shape index (κ2) is 55.1. The summed E-state index contributed by atoms with van der Waals surface area (Å²) in [5, 5.41) is 8.76. The zero-order chi connectivity index (χ0) is 55.2. The first kappa shape index (κ1) is 73.5. The van der Waals surface area contributed by atoms with E-state index in [4.69, 9.17) is 9.84 Å². The maximum atomic E-state index is 13.3. The summed E-state index contributed by atoms with van der Waals surface area (Å²) in [5.74, 6) is -0.639. The number of unbranched alkanes of at least 4 members (excludes halogenated alkanes) is 26. The van der Waals surface area contributed by atoms with Crippen LogP contribution in [-0.4, -0.2) is 22.6 Å². The van der Waals surface area contributed by atoms with Gasteiger partial charge in [0.25, 0.3) is 0 Å². The van der Waals surface area contributed by atoms with Gasteiger partial charge in [-0.3, -0.25) is 9.59 Å². The average molecular weight is 1030 g/mol. The number of aliphatic carboxylic acids is 1. The summed E-state index contributed by atoms with van der Waals surface area (Å²) in [5.41, 5.74) is 8.72. The van der Waals surface area contributed by atoms with E-state index in [2.05, 4.69) is 113 Å². The lowest BCUT2D eigenvalue weighted by atomic mass is 9.84. The molecule has 0 bridgehead atoms. The van der Waals surface area contributed by atoms with Gasteiger partial charge in [-0.25, -0.2) is 0 Å². The molecular weight excluding hydrogens is 905 g/mol. The van der Waals surface area contributed by atoms with Gasteiger partial charge >= 0.3 is 11.9 Å². The highest BCUT2D eigenvalue weighted by Gasteiger charge is 2.33. The first-order valence-electron chi connectivity index (χ1n) is 32.0. The van der Waals surface area contributed by atoms with Crippen LogP contribution in [0.2, 0.25) is 0 Å². The van der Waals surface area contributed by atoms with E-state index in [-0.39, 0.29) is 11.6 Å². The molecular formula is C70H128O4. The van der Waals surface area contributed by atoms with E-state index >= 15 is 0 Å². The normalized spacial score (nSPS) is 12.4. The molecule has 0 aromatic carbocycles. The van der Waals surface area contributed by atoms with Gasteiger partial charge in [-0.2, -0.15) is 0 Å². The molecule has 0 aliphatic heterocycles. The van der Waals surface area contributed by atoms with E-state index in [0.717, 1.165) is 57.8 Å². The number of allylic oxidation sites excluding steroid dienone is 12. The predicted molar refractivity (Wildman–Crippen MR) is 331 cm³/mol. The molecule has 0 atom stereocenters. The Kier molecular flexibility index (Phi) is 54.7. The molecule has 0 aromatic rings. The van der Waals surface area contributed by atoms with Gasteiger partial charge in [0, 0.05) is 12.8 Å². The van der Waals surface area contributed by atoms with E-state index < -0.39 is 5.97 Å². The van der Waals surface area contributed by atoms with Crippen LogP contribution in [0.4, 0.5) is 0 Å². The Morgan fingerprint density at radius 2 is 0.581 bits per heavy atom. The molecule has 0 aromatic heterocycles. The number of carbonyl (C=O) groups is 2. The van der Waals surface area contributed by atoms with Crippen LogP contribution in [0, 0.1) is 0 Å². The highest BCUT2D eigenvalue weighted by molar-refractivity contribution is 5.69. The summed E-state index contributed by atoms with van der Waals surface area (Å²) in [7, 11) is 0. The number of carboxylic acids is 1. The molecule has 0 fully saturated rings. The number of ether oxygens (including phenoxy) is 1. The minimum absolute atomic E-state index is 0.0477. The van der Waals surface area contributed by atoms with Crippen molar-refractivity contribution in [3.05, 3.63) is 69.9 Å². The van der Waals surface area contributed by atoms with E-state index in [9.17, 15) is 9.59 Å². The van der Waals surface area contributed by atoms with Gasteiger partial charge in [0.1, 0.15) is 5.60 Å². The SMILES string of the molecule is CC(C)=CCCC(C)=CCCC(C)=CCCC=C(C)CCC=C(C)CCC=C(C)C.CCCCCCCCCCCC(CCCCCCCC)(CCCCCCCC)OC(=O)CCCCCCCCCCC(=O)O. The Morgan fingerprint density at radius 1 is 0.324 bits per heavy atom. The van der Waals surface area contributed by atoms with Crippen molar-refractivity contribution in [3.8, 4) is 0 Å². The van der Waals surface area contributed by atoms with Crippen LogP contribution in [0.1, 0.15) is 359 Å². The number of esters is 1. The van der Waals surface area contributed by atoms with Gasteiger partial charge in [-0.05, 0) is 171 Å². The first-order chi connectivity index (χ1) is 35.7. The van der Waals surface area contributed by atoms with Crippen molar-refractivity contribution in [1.29, 1.82) is 0 Å². The Labute approximate surface area is 463 Å². The molecule has 0 unspecified atom stereocenters. The Hall–Kier alpha value is -2.62. The van der Waals surface area contributed by atoms with Crippen LogP contribution in [-0.2, 0) is 14.3 Å². The Balaban J connectivity index is 0. The molecule has 74 heavy (non-hydrogen) atoms. The molecule has 4 heteroatoms. The van der Waals surface area contributed by atoms with Gasteiger partial charge in [-0.1, -0.05) is 245 Å². The molecule has 1 N–H and O–H groups in total. The fraction of sp³-hybridized carbons (Fsp3) is 0.800. The van der Waals surface area contributed by atoms with Gasteiger partial charge in [0.2, 0.25) is 0 Å². The molecule has 0 saturated carbocycles. The number of carbonyl (C=O) groups excluding carboxylic acids is 1. The average Bonchev–Trinajstić information content (AvgIpc) is 3.35. The predicted octanol–water partition coefficient (Wildman–Crippen LogP) is 24.3. The lowest BCUT2D eigenvalue weighted by Crippen LogP contribution is -2.35. The Morgan fingerprint density at radius 3 is 0.878 bits per heavy atom. The summed E-state index contributed by atoms with van der Waals surface area (Å²) in [4.78, 5) is 23.9. The summed E-state index contributed by atoms with van der Waals surface area (Å²) in [6, 6.07) is 0. The minimum Gasteiger partial charge on any atom is -0.481 e. The van der Waals surface area contributed by atoms with Crippen molar-refractivity contribution >= 4 is 11.9 Å². The largest absolute Gasteiger partial charge is 0.481 e.